The van der Waals surface area contributed by atoms with Gasteiger partial charge in [0.2, 0.25) is 0 Å². The summed E-state index contributed by atoms with van der Waals surface area (Å²) in [5.41, 5.74) is 2.73. The molecule has 0 aliphatic carbocycles. The molecule has 0 aliphatic heterocycles. The molecular formula is C19H15Cl2N3O. The largest absolute Gasteiger partial charge is 0.322 e. The third kappa shape index (κ3) is 4.35. The monoisotopic (exact) mass is 371 g/mol. The molecule has 25 heavy (non-hydrogen) atoms. The van der Waals surface area contributed by atoms with Crippen LogP contribution in [0.5, 0.6) is 0 Å². The number of nitrogens with zero attached hydrogens (tertiary/aromatic N) is 2. The predicted octanol–water partition coefficient (Wildman–Crippen LogP) is 4.93. The summed E-state index contributed by atoms with van der Waals surface area (Å²) in [7, 11) is 0. The van der Waals surface area contributed by atoms with Gasteiger partial charge in [0.05, 0.1) is 21.3 Å². The highest BCUT2D eigenvalue weighted by Crippen LogP contribution is 2.25. The average molecular weight is 372 g/mol. The number of amides is 1. The van der Waals surface area contributed by atoms with Crippen LogP contribution < -0.4 is 5.32 Å². The van der Waals surface area contributed by atoms with Crippen molar-refractivity contribution in [2.45, 2.75) is 13.3 Å². The van der Waals surface area contributed by atoms with Gasteiger partial charge in [0.25, 0.3) is 5.91 Å². The van der Waals surface area contributed by atoms with Crippen molar-refractivity contribution in [1.82, 2.24) is 9.97 Å². The highest BCUT2D eigenvalue weighted by Gasteiger charge is 2.13. The lowest BCUT2D eigenvalue weighted by Crippen LogP contribution is -2.15. The Bertz CT molecular complexity index is 914. The molecule has 0 fully saturated rings. The lowest BCUT2D eigenvalue weighted by atomic mass is 10.1. The summed E-state index contributed by atoms with van der Waals surface area (Å²) in [5, 5.41) is 3.59. The molecular weight excluding hydrogens is 357 g/mol. The first-order valence-corrected chi connectivity index (χ1v) is 8.41. The molecule has 2 aromatic carbocycles. The number of nitrogens with one attached hydrogen (secondary N) is 1. The van der Waals surface area contributed by atoms with Crippen LogP contribution in [0.15, 0.2) is 54.7 Å². The van der Waals surface area contributed by atoms with Crippen molar-refractivity contribution in [3.05, 3.63) is 87.4 Å². The normalized spacial score (nSPS) is 10.5. The summed E-state index contributed by atoms with van der Waals surface area (Å²) >= 11 is 11.8. The smallest absolute Gasteiger partial charge is 0.259 e. The molecule has 1 amide bonds. The fourth-order valence-electron chi connectivity index (χ4n) is 2.37. The Hall–Kier alpha value is -2.43. The molecule has 0 saturated carbocycles. The Morgan fingerprint density at radius 2 is 1.84 bits per heavy atom. The second-order valence-electron chi connectivity index (χ2n) is 5.53. The molecule has 1 aromatic heterocycles. The number of halogens is 2. The number of aryl methyl sites for hydroxylation is 1. The molecule has 1 heterocycles. The molecule has 6 heteroatoms. The van der Waals surface area contributed by atoms with Crippen LogP contribution >= 0.6 is 23.2 Å². The van der Waals surface area contributed by atoms with Crippen molar-refractivity contribution in [2.24, 2.45) is 0 Å². The molecule has 0 radical (unpaired) electrons. The minimum absolute atomic E-state index is 0.290. The zero-order valence-corrected chi connectivity index (χ0v) is 15.0. The summed E-state index contributed by atoms with van der Waals surface area (Å²) in [6.07, 6.45) is 2.17. The summed E-state index contributed by atoms with van der Waals surface area (Å²) < 4.78 is 0. The Kier molecular flexibility index (Phi) is 5.31. The van der Waals surface area contributed by atoms with Crippen LogP contribution in [0.3, 0.4) is 0 Å². The fraction of sp³-hybridized carbons (Fsp3) is 0.105. The van der Waals surface area contributed by atoms with Crippen LogP contribution in [0.4, 0.5) is 5.69 Å². The van der Waals surface area contributed by atoms with E-state index in [2.05, 4.69) is 15.3 Å². The van der Waals surface area contributed by atoms with Crippen LogP contribution in [0.1, 0.15) is 27.4 Å². The van der Waals surface area contributed by atoms with Crippen LogP contribution in [-0.4, -0.2) is 15.9 Å². The van der Waals surface area contributed by atoms with Gasteiger partial charge in [-0.05, 0) is 30.7 Å². The van der Waals surface area contributed by atoms with Gasteiger partial charge in [0.15, 0.2) is 0 Å². The third-order valence-corrected chi connectivity index (χ3v) is 4.40. The molecule has 0 aliphatic rings. The van der Waals surface area contributed by atoms with Gasteiger partial charge < -0.3 is 5.32 Å². The minimum Gasteiger partial charge on any atom is -0.322 e. The number of hydrogen-bond donors (Lipinski definition) is 1. The molecule has 0 bridgehead atoms. The average Bonchev–Trinajstić information content (AvgIpc) is 2.59. The second kappa shape index (κ2) is 7.64. The Balaban J connectivity index is 1.75. The first-order valence-electron chi connectivity index (χ1n) is 7.66. The molecule has 0 atom stereocenters. The van der Waals surface area contributed by atoms with Gasteiger partial charge >= 0.3 is 0 Å². The van der Waals surface area contributed by atoms with E-state index in [0.29, 0.717) is 39.2 Å². The minimum atomic E-state index is -0.290. The van der Waals surface area contributed by atoms with E-state index in [4.69, 9.17) is 23.2 Å². The van der Waals surface area contributed by atoms with E-state index in [-0.39, 0.29) is 5.91 Å². The summed E-state index contributed by atoms with van der Waals surface area (Å²) in [6, 6.07) is 14.9. The van der Waals surface area contributed by atoms with E-state index in [1.54, 1.807) is 31.3 Å². The topological polar surface area (TPSA) is 54.9 Å². The number of hydrogen-bond acceptors (Lipinski definition) is 3. The lowest BCUT2D eigenvalue weighted by Gasteiger charge is -2.09. The standard InChI is InChI=1S/C19H15Cl2N3O/c1-12-15(19(25)24-14-7-8-16(20)17(21)10-14)11-22-18(23-12)9-13-5-3-2-4-6-13/h2-8,10-11H,9H2,1H3,(H,24,25). The van der Waals surface area contributed by atoms with Crippen LogP contribution in [-0.2, 0) is 6.42 Å². The highest BCUT2D eigenvalue weighted by molar-refractivity contribution is 6.42. The molecule has 0 unspecified atom stereocenters. The lowest BCUT2D eigenvalue weighted by molar-refractivity contribution is 0.102. The van der Waals surface area contributed by atoms with Gasteiger partial charge in [-0.15, -0.1) is 0 Å². The maximum absolute atomic E-state index is 12.4. The van der Waals surface area contributed by atoms with Gasteiger partial charge in [0.1, 0.15) is 5.82 Å². The summed E-state index contributed by atoms with van der Waals surface area (Å²) in [6.45, 7) is 1.79. The molecule has 126 valence electrons. The van der Waals surface area contributed by atoms with Gasteiger partial charge in [0, 0.05) is 18.3 Å². The molecule has 0 saturated heterocycles. The zero-order valence-electron chi connectivity index (χ0n) is 13.5. The van der Waals surface area contributed by atoms with E-state index in [1.165, 1.54) is 0 Å². The van der Waals surface area contributed by atoms with E-state index >= 15 is 0 Å². The number of aromatic nitrogens is 2. The quantitative estimate of drug-likeness (QED) is 0.706. The van der Waals surface area contributed by atoms with Crippen molar-refractivity contribution in [1.29, 1.82) is 0 Å². The van der Waals surface area contributed by atoms with E-state index in [9.17, 15) is 4.79 Å². The van der Waals surface area contributed by atoms with E-state index < -0.39 is 0 Å². The van der Waals surface area contributed by atoms with Gasteiger partial charge in [-0.25, -0.2) is 9.97 Å². The number of benzene rings is 2. The maximum atomic E-state index is 12.4. The third-order valence-electron chi connectivity index (χ3n) is 3.66. The van der Waals surface area contributed by atoms with Crippen molar-refractivity contribution >= 4 is 34.8 Å². The van der Waals surface area contributed by atoms with Crippen LogP contribution in [0.2, 0.25) is 10.0 Å². The van der Waals surface area contributed by atoms with Crippen molar-refractivity contribution in [2.75, 3.05) is 5.32 Å². The molecule has 3 aromatic rings. The molecule has 0 spiro atoms. The Morgan fingerprint density at radius 1 is 1.08 bits per heavy atom. The van der Waals surface area contributed by atoms with Crippen molar-refractivity contribution < 1.29 is 4.79 Å². The number of rotatable bonds is 4. The van der Waals surface area contributed by atoms with Gasteiger partial charge in [-0.3, -0.25) is 4.79 Å². The fourth-order valence-corrected chi connectivity index (χ4v) is 2.67. The first kappa shape index (κ1) is 17.4. The van der Waals surface area contributed by atoms with Gasteiger partial charge in [-0.1, -0.05) is 53.5 Å². The number of anilines is 1. The van der Waals surface area contributed by atoms with Crippen molar-refractivity contribution in [3.63, 3.8) is 0 Å². The predicted molar refractivity (Wildman–Crippen MR) is 100 cm³/mol. The molecule has 3 rings (SSSR count). The zero-order chi connectivity index (χ0) is 17.8. The number of carbonyl (C=O) groups is 1. The van der Waals surface area contributed by atoms with Crippen LogP contribution in [0, 0.1) is 6.92 Å². The SMILES string of the molecule is Cc1nc(Cc2ccccc2)ncc1C(=O)Nc1ccc(Cl)c(Cl)c1. The Morgan fingerprint density at radius 3 is 2.52 bits per heavy atom. The van der Waals surface area contributed by atoms with E-state index in [0.717, 1.165) is 5.56 Å². The van der Waals surface area contributed by atoms with Crippen LogP contribution in [0.25, 0.3) is 0 Å². The van der Waals surface area contributed by atoms with Gasteiger partial charge in [-0.2, -0.15) is 0 Å². The number of carbonyl (C=O) groups excluding carboxylic acids is 1. The highest BCUT2D eigenvalue weighted by atomic mass is 35.5. The molecule has 1 N–H and O–H groups in total. The summed E-state index contributed by atoms with van der Waals surface area (Å²) in [4.78, 5) is 21.2. The first-order chi connectivity index (χ1) is 12.0. The maximum Gasteiger partial charge on any atom is 0.259 e. The summed E-state index contributed by atoms with van der Waals surface area (Å²) in [5.74, 6) is 0.386. The second-order valence-corrected chi connectivity index (χ2v) is 6.35. The molecule has 4 nitrogen and oxygen atoms in total. The van der Waals surface area contributed by atoms with E-state index in [1.807, 2.05) is 30.3 Å². The van der Waals surface area contributed by atoms with Crippen molar-refractivity contribution in [3.8, 4) is 0 Å². The Labute approximate surface area is 155 Å².